The third kappa shape index (κ3) is 9.55. The topological polar surface area (TPSA) is 424 Å². The van der Waals surface area contributed by atoms with Crippen molar-refractivity contribution in [2.24, 2.45) is 20.5 Å². The number of rotatable bonds is 14. The zero-order valence-corrected chi connectivity index (χ0v) is 35.4. The van der Waals surface area contributed by atoms with Crippen molar-refractivity contribution in [1.29, 1.82) is 0 Å². The van der Waals surface area contributed by atoms with Gasteiger partial charge in [0.1, 0.15) is 42.3 Å². The molecule has 6 rings (SSSR count). The Labute approximate surface area is 363 Å². The smallest absolute Gasteiger partial charge is 0.314 e. The molecular formula is C34H25N7O20S4. The van der Waals surface area contributed by atoms with E-state index >= 15 is 0 Å². The average molecular weight is 980 g/mol. The van der Waals surface area contributed by atoms with Gasteiger partial charge in [0.25, 0.3) is 40.5 Å². The number of nitrogens with zero attached hydrogens (tertiary/aromatic N) is 6. The number of methoxy groups -OCH3 is 2. The fraction of sp³-hybridized carbons (Fsp3) is 0.0588. The van der Waals surface area contributed by atoms with Gasteiger partial charge < -0.3 is 25.0 Å². The second-order valence-electron chi connectivity index (χ2n) is 12.9. The van der Waals surface area contributed by atoms with E-state index in [9.17, 15) is 82.3 Å². The fourth-order valence-electron chi connectivity index (χ4n) is 6.10. The highest BCUT2D eigenvalue weighted by atomic mass is 32.2. The first-order chi connectivity index (χ1) is 30.1. The molecule has 0 fully saturated rings. The SMILES string of the molecule is COc1c(N=Nc2c(S(=O)(=O)O)cc3cc(Nc4ccc5c(OC)c(N=Nc6cc(S(=O)(=O)O)cc([N+](=O)[O-])c6O)c(S(=O)(=O)O)cc5c4)ccc3c2O)cc(S(=O)(=O)O)cc1[N+](=O)[O-]. The molecule has 31 heteroatoms. The van der Waals surface area contributed by atoms with Gasteiger partial charge >= 0.3 is 11.4 Å². The Morgan fingerprint density at radius 3 is 1.46 bits per heavy atom. The van der Waals surface area contributed by atoms with Gasteiger partial charge in [0, 0.05) is 34.3 Å². The molecule has 0 unspecified atom stereocenters. The monoisotopic (exact) mass is 979 g/mol. The number of aromatic hydroxyl groups is 2. The minimum Gasteiger partial charge on any atom is -0.505 e. The van der Waals surface area contributed by atoms with Crippen LogP contribution in [0.15, 0.2) is 113 Å². The van der Waals surface area contributed by atoms with Crippen LogP contribution in [0.2, 0.25) is 0 Å². The average Bonchev–Trinajstić information content (AvgIpc) is 3.20. The summed E-state index contributed by atoms with van der Waals surface area (Å²) in [6.07, 6.45) is 0. The molecule has 0 heterocycles. The highest BCUT2D eigenvalue weighted by molar-refractivity contribution is 7.86. The van der Waals surface area contributed by atoms with Gasteiger partial charge in [-0.25, -0.2) is 0 Å². The first-order valence-corrected chi connectivity index (χ1v) is 22.7. The second-order valence-corrected chi connectivity index (χ2v) is 18.6. The van der Waals surface area contributed by atoms with Gasteiger partial charge in [0.15, 0.2) is 11.5 Å². The Bertz CT molecular complexity index is 3590. The predicted molar refractivity (Wildman–Crippen MR) is 221 cm³/mol. The lowest BCUT2D eigenvalue weighted by Gasteiger charge is -2.14. The Kier molecular flexibility index (Phi) is 12.2. The normalized spacial score (nSPS) is 12.6. The van der Waals surface area contributed by atoms with Gasteiger partial charge in [0.2, 0.25) is 11.5 Å². The highest BCUT2D eigenvalue weighted by Crippen LogP contribution is 2.47. The number of anilines is 2. The van der Waals surface area contributed by atoms with Crippen LogP contribution in [0.5, 0.6) is 23.0 Å². The van der Waals surface area contributed by atoms with Crippen LogP contribution < -0.4 is 14.8 Å². The Hall–Kier alpha value is -7.52. The van der Waals surface area contributed by atoms with Crippen molar-refractivity contribution < 1.29 is 81.4 Å². The molecular weight excluding hydrogens is 955 g/mol. The van der Waals surface area contributed by atoms with Gasteiger partial charge in [-0.05, 0) is 71.4 Å². The van der Waals surface area contributed by atoms with Crippen molar-refractivity contribution in [3.63, 3.8) is 0 Å². The molecule has 0 aliphatic carbocycles. The summed E-state index contributed by atoms with van der Waals surface area (Å²) in [7, 11) is -18.6. The van der Waals surface area contributed by atoms with Crippen LogP contribution in [0, 0.1) is 20.2 Å². The molecule has 340 valence electrons. The summed E-state index contributed by atoms with van der Waals surface area (Å²) in [5.74, 6) is -3.19. The zero-order valence-electron chi connectivity index (χ0n) is 32.1. The standard InChI is InChI=1S/C34H25N7O20S4/c1-60-33-22-6-4-18(8-16(22)10-28(65(57,58)59)30(33)39-36-23-11-19(62(48,49)50)13-25(32(23)43)40(44)45)35-17-3-5-21-15(7-17)9-27(64(54,55)56)29(31(21)42)38-37-24-12-20(63(51,52)53)14-26(41(46)47)34(24)61-2/h3-14,35,42-43H,1-2H3,(H,48,49,50)(H,51,52,53)(H,54,55,56)(H,57,58,59). The number of nitrogens with one attached hydrogen (secondary N) is 1. The molecule has 0 amide bonds. The number of nitro benzene ring substituents is 2. The number of fused-ring (bicyclic) bond motifs is 2. The van der Waals surface area contributed by atoms with Crippen molar-refractivity contribution in [3.8, 4) is 23.0 Å². The van der Waals surface area contributed by atoms with Crippen LogP contribution in [0.25, 0.3) is 21.5 Å². The van der Waals surface area contributed by atoms with Crippen LogP contribution in [0.4, 0.5) is 45.5 Å². The van der Waals surface area contributed by atoms with Crippen molar-refractivity contribution in [3.05, 3.63) is 93.0 Å². The van der Waals surface area contributed by atoms with Gasteiger partial charge in [-0.15, -0.1) is 20.5 Å². The molecule has 65 heavy (non-hydrogen) atoms. The number of azo groups is 2. The number of ether oxygens (including phenoxy) is 2. The number of nitro groups is 2. The maximum Gasteiger partial charge on any atom is 0.314 e. The predicted octanol–water partition coefficient (Wildman–Crippen LogP) is 6.80. The summed E-state index contributed by atoms with van der Waals surface area (Å²) in [6, 6.07) is 11.6. The summed E-state index contributed by atoms with van der Waals surface area (Å²) in [5, 5.41) is 62.1. The van der Waals surface area contributed by atoms with Gasteiger partial charge in [-0.1, -0.05) is 0 Å². The second kappa shape index (κ2) is 16.9. The quantitative estimate of drug-likeness (QED) is 0.0255. The van der Waals surface area contributed by atoms with E-state index in [1.54, 1.807) is 0 Å². The number of hydrogen-bond acceptors (Lipinski definition) is 21. The maximum absolute atomic E-state index is 12.6. The molecule has 0 atom stereocenters. The molecule has 6 aromatic rings. The van der Waals surface area contributed by atoms with Crippen LogP contribution >= 0.6 is 0 Å². The van der Waals surface area contributed by atoms with E-state index in [1.165, 1.54) is 36.4 Å². The van der Waals surface area contributed by atoms with Gasteiger partial charge in [-0.3, -0.25) is 38.4 Å². The van der Waals surface area contributed by atoms with Crippen LogP contribution in [0.1, 0.15) is 0 Å². The minimum atomic E-state index is -5.26. The Morgan fingerprint density at radius 2 is 0.969 bits per heavy atom. The number of hydrogen-bond donors (Lipinski definition) is 7. The van der Waals surface area contributed by atoms with Crippen molar-refractivity contribution in [2.45, 2.75) is 19.6 Å². The fourth-order valence-corrected chi connectivity index (χ4v) is 8.45. The number of phenolic OH excluding ortho intramolecular Hbond substituents is 2. The molecule has 6 aromatic carbocycles. The van der Waals surface area contributed by atoms with E-state index in [0.717, 1.165) is 26.4 Å². The van der Waals surface area contributed by atoms with E-state index in [0.29, 0.717) is 24.3 Å². The van der Waals surface area contributed by atoms with Crippen LogP contribution in [-0.2, 0) is 40.5 Å². The molecule has 27 nitrogen and oxygen atoms in total. The van der Waals surface area contributed by atoms with E-state index < -0.39 is 121 Å². The third-order valence-electron chi connectivity index (χ3n) is 8.91. The molecule has 0 bridgehead atoms. The summed E-state index contributed by atoms with van der Waals surface area (Å²) in [4.78, 5) is 16.7. The Morgan fingerprint density at radius 1 is 0.523 bits per heavy atom. The van der Waals surface area contributed by atoms with E-state index in [4.69, 9.17) is 9.47 Å². The molecule has 0 saturated carbocycles. The summed E-state index contributed by atoms with van der Waals surface area (Å²) in [5.41, 5.74) is -5.13. The largest absolute Gasteiger partial charge is 0.505 e. The van der Waals surface area contributed by atoms with Gasteiger partial charge in [-0.2, -0.15) is 33.7 Å². The van der Waals surface area contributed by atoms with Crippen molar-refractivity contribution >= 4 is 108 Å². The number of phenols is 2. The molecule has 7 N–H and O–H groups in total. The maximum atomic E-state index is 12.6. The molecule has 0 aliphatic rings. The Balaban J connectivity index is 1.43. The van der Waals surface area contributed by atoms with Crippen molar-refractivity contribution in [1.82, 2.24) is 0 Å². The van der Waals surface area contributed by atoms with Crippen LogP contribution in [0.3, 0.4) is 0 Å². The molecule has 0 aliphatic heterocycles. The lowest BCUT2D eigenvalue weighted by Crippen LogP contribution is -2.01. The van der Waals surface area contributed by atoms with E-state index in [-0.39, 0.29) is 38.7 Å². The van der Waals surface area contributed by atoms with Crippen molar-refractivity contribution in [2.75, 3.05) is 19.5 Å². The van der Waals surface area contributed by atoms with Gasteiger partial charge in [0.05, 0.1) is 24.1 Å². The minimum absolute atomic E-state index is 0.0384. The molecule has 0 radical (unpaired) electrons. The summed E-state index contributed by atoms with van der Waals surface area (Å²) in [6.45, 7) is 0. The lowest BCUT2D eigenvalue weighted by atomic mass is 10.1. The molecule has 0 aromatic heterocycles. The third-order valence-corrected chi connectivity index (χ3v) is 12.3. The van der Waals surface area contributed by atoms with E-state index in [2.05, 4.69) is 25.8 Å². The summed E-state index contributed by atoms with van der Waals surface area (Å²) < 4.78 is 147. The van der Waals surface area contributed by atoms with E-state index in [1.807, 2.05) is 0 Å². The lowest BCUT2D eigenvalue weighted by molar-refractivity contribution is -0.386. The molecule has 0 saturated heterocycles. The molecule has 0 spiro atoms. The van der Waals surface area contributed by atoms with Crippen LogP contribution in [-0.4, -0.2) is 86.2 Å². The first kappa shape index (κ1) is 47.0. The number of benzene rings is 6. The zero-order chi connectivity index (χ0) is 48.1. The first-order valence-electron chi connectivity index (χ1n) is 17.0. The highest BCUT2D eigenvalue weighted by Gasteiger charge is 2.29. The summed E-state index contributed by atoms with van der Waals surface area (Å²) >= 11 is 0.